The summed E-state index contributed by atoms with van der Waals surface area (Å²) in [6.07, 6.45) is 13.5. The van der Waals surface area contributed by atoms with Gasteiger partial charge in [0, 0.05) is 6.92 Å². The van der Waals surface area contributed by atoms with Crippen molar-refractivity contribution >= 4 is 5.97 Å². The summed E-state index contributed by atoms with van der Waals surface area (Å²) in [5.41, 5.74) is 7.36. The van der Waals surface area contributed by atoms with Crippen molar-refractivity contribution in [3.05, 3.63) is 34.9 Å². The second-order valence-corrected chi connectivity index (χ2v) is 13.6. The predicted octanol–water partition coefficient (Wildman–Crippen LogP) is 9.37. The van der Waals surface area contributed by atoms with Crippen molar-refractivity contribution in [1.82, 2.24) is 0 Å². The zero-order chi connectivity index (χ0) is 28.3. The van der Waals surface area contributed by atoms with E-state index in [0.29, 0.717) is 23.2 Å². The van der Waals surface area contributed by atoms with Crippen molar-refractivity contribution in [3.8, 4) is 0 Å². The number of allylic oxidation sites excluding steroid dienone is 5. The Labute approximate surface area is 228 Å². The molecule has 3 nitrogen and oxygen atoms in total. The predicted molar refractivity (Wildman–Crippen MR) is 157 cm³/mol. The molecule has 0 heterocycles. The van der Waals surface area contributed by atoms with Crippen molar-refractivity contribution in [2.24, 2.45) is 39.9 Å². The quantitative estimate of drug-likeness (QED) is 0.359. The molecule has 1 fully saturated rings. The lowest BCUT2D eigenvalue weighted by Crippen LogP contribution is -2.54. The maximum absolute atomic E-state index is 10.8. The lowest BCUT2D eigenvalue weighted by molar-refractivity contribution is -0.134. The Morgan fingerprint density at radius 2 is 1.73 bits per heavy atom. The van der Waals surface area contributed by atoms with E-state index in [-0.39, 0.29) is 16.9 Å². The summed E-state index contributed by atoms with van der Waals surface area (Å²) in [6.45, 7) is 26.3. The molecule has 4 aliphatic carbocycles. The molecule has 0 radical (unpaired) electrons. The van der Waals surface area contributed by atoms with E-state index in [1.54, 1.807) is 16.7 Å². The van der Waals surface area contributed by atoms with Crippen LogP contribution in [-0.4, -0.2) is 22.3 Å². The van der Waals surface area contributed by atoms with Crippen LogP contribution in [0.25, 0.3) is 0 Å². The van der Waals surface area contributed by atoms with Crippen LogP contribution in [0.15, 0.2) is 34.9 Å². The molecule has 4 rings (SSSR count). The van der Waals surface area contributed by atoms with E-state index in [4.69, 9.17) is 9.90 Å². The molecule has 0 aliphatic heterocycles. The summed E-state index contributed by atoms with van der Waals surface area (Å²) in [6, 6.07) is 0. The van der Waals surface area contributed by atoms with Gasteiger partial charge in [0.1, 0.15) is 0 Å². The lowest BCUT2D eigenvalue weighted by atomic mass is 9.45. The highest BCUT2D eigenvalue weighted by atomic mass is 16.4. The number of rotatable bonds is 5. The number of carboxylic acid groups (broad SMARTS) is 1. The first kappa shape index (κ1) is 31.9. The maximum Gasteiger partial charge on any atom is 0.300 e. The molecule has 4 aliphatic rings. The van der Waals surface area contributed by atoms with Crippen LogP contribution in [0.2, 0.25) is 0 Å². The number of aliphatic hydroxyl groups is 1. The minimum atomic E-state index is -0.833. The van der Waals surface area contributed by atoms with Gasteiger partial charge in [0.05, 0.1) is 6.10 Å². The molecule has 212 valence electrons. The second-order valence-electron chi connectivity index (χ2n) is 13.6. The third-order valence-electron chi connectivity index (χ3n) is 10.6. The molecule has 0 aromatic rings. The van der Waals surface area contributed by atoms with Gasteiger partial charge in [-0.15, -0.1) is 0 Å². The third-order valence-corrected chi connectivity index (χ3v) is 10.6. The zero-order valence-corrected chi connectivity index (χ0v) is 25.8. The fourth-order valence-electron chi connectivity index (χ4n) is 8.71. The van der Waals surface area contributed by atoms with E-state index >= 15 is 0 Å². The van der Waals surface area contributed by atoms with Gasteiger partial charge < -0.3 is 10.2 Å². The molecule has 5 unspecified atom stereocenters. The van der Waals surface area contributed by atoms with Crippen molar-refractivity contribution in [2.75, 3.05) is 0 Å². The van der Waals surface area contributed by atoms with Crippen LogP contribution >= 0.6 is 0 Å². The third kappa shape index (κ3) is 6.13. The first-order valence-electron chi connectivity index (χ1n) is 15.2. The fraction of sp³-hybridized carbons (Fsp3) is 0.794. The highest BCUT2D eigenvalue weighted by Crippen LogP contribution is 2.67. The Morgan fingerprint density at radius 3 is 2.30 bits per heavy atom. The van der Waals surface area contributed by atoms with Crippen molar-refractivity contribution < 1.29 is 15.0 Å². The van der Waals surface area contributed by atoms with Gasteiger partial charge in [-0.05, 0) is 109 Å². The molecule has 37 heavy (non-hydrogen) atoms. The molecular formula is C34H58O3. The van der Waals surface area contributed by atoms with Crippen LogP contribution < -0.4 is 0 Å². The van der Waals surface area contributed by atoms with E-state index < -0.39 is 5.97 Å². The van der Waals surface area contributed by atoms with Gasteiger partial charge >= 0.3 is 0 Å². The van der Waals surface area contributed by atoms with Gasteiger partial charge in [-0.25, -0.2) is 0 Å². The molecule has 2 N–H and O–H groups in total. The van der Waals surface area contributed by atoms with E-state index in [9.17, 15) is 5.11 Å². The molecule has 1 saturated carbocycles. The van der Waals surface area contributed by atoms with Crippen molar-refractivity contribution in [3.63, 3.8) is 0 Å². The van der Waals surface area contributed by atoms with Crippen LogP contribution in [0.1, 0.15) is 127 Å². The Kier molecular flexibility index (Phi) is 10.5. The largest absolute Gasteiger partial charge is 0.481 e. The normalized spacial score (nSPS) is 35.6. The fourth-order valence-corrected chi connectivity index (χ4v) is 8.71. The van der Waals surface area contributed by atoms with Gasteiger partial charge in [0.25, 0.3) is 5.97 Å². The summed E-state index contributed by atoms with van der Waals surface area (Å²) in [7, 11) is 0. The molecule has 0 saturated heterocycles. The summed E-state index contributed by atoms with van der Waals surface area (Å²) in [5.74, 6) is 1.86. The van der Waals surface area contributed by atoms with E-state index in [1.165, 1.54) is 50.5 Å². The first-order valence-corrected chi connectivity index (χ1v) is 15.2. The molecule has 0 spiro atoms. The number of carboxylic acids is 1. The Balaban J connectivity index is 0.000000733. The van der Waals surface area contributed by atoms with Crippen LogP contribution in [0, 0.1) is 39.9 Å². The molecule has 0 amide bonds. The first-order chi connectivity index (χ1) is 17.2. The highest BCUT2D eigenvalue weighted by Gasteiger charge is 2.58. The van der Waals surface area contributed by atoms with Gasteiger partial charge in [0.15, 0.2) is 0 Å². The number of aliphatic carboxylic acids is 1. The van der Waals surface area contributed by atoms with Crippen LogP contribution in [0.5, 0.6) is 0 Å². The molecule has 3 heteroatoms. The van der Waals surface area contributed by atoms with Gasteiger partial charge in [-0.2, -0.15) is 0 Å². The minimum absolute atomic E-state index is 0.0252. The Morgan fingerprint density at radius 1 is 1.14 bits per heavy atom. The molecule has 0 aromatic carbocycles. The number of hydrogen-bond donors (Lipinski definition) is 2. The topological polar surface area (TPSA) is 57.5 Å². The van der Waals surface area contributed by atoms with E-state index in [1.807, 2.05) is 13.8 Å². The summed E-state index contributed by atoms with van der Waals surface area (Å²) >= 11 is 0. The van der Waals surface area contributed by atoms with Gasteiger partial charge in [-0.3, -0.25) is 4.79 Å². The molecular weight excluding hydrogens is 456 g/mol. The zero-order valence-electron chi connectivity index (χ0n) is 25.8. The number of carbonyl (C=O) groups is 1. The number of fused-ring (bicyclic) bond motifs is 4. The smallest absolute Gasteiger partial charge is 0.300 e. The SMILES string of the molecule is C=C(CCC[C@H]1CC=C2C3=C(C(C)CC21C)C1(C)CCC(O)C(C)(C)C1CC3)C(C)C.CC.CC(=O)O. The highest BCUT2D eigenvalue weighted by molar-refractivity contribution is 5.63. The lowest BCUT2D eigenvalue weighted by Gasteiger charge is -2.60. The van der Waals surface area contributed by atoms with E-state index in [2.05, 4.69) is 61.1 Å². The van der Waals surface area contributed by atoms with Crippen LogP contribution in [0.4, 0.5) is 0 Å². The molecule has 0 bridgehead atoms. The second kappa shape index (κ2) is 12.2. The van der Waals surface area contributed by atoms with Crippen molar-refractivity contribution in [2.45, 2.75) is 133 Å². The van der Waals surface area contributed by atoms with Gasteiger partial charge in [0.2, 0.25) is 0 Å². The average molecular weight is 515 g/mol. The summed E-state index contributed by atoms with van der Waals surface area (Å²) in [5, 5.41) is 18.2. The molecule has 0 aromatic heterocycles. The standard InChI is InChI=1S/C30H48O.C2H4O2.C2H6/c1-19(2)20(3)10-9-11-22-12-14-24-23-13-15-25-28(5,6)26(31)16-17-29(25,7)27(23)21(4)18-30(22,24)8;1-2(3)4;1-2/h14,19,21-22,25-26,31H,3,9-13,15-18H2,1-2,4-8H3;1H3,(H,3,4);1-2H3/t21?,22-,25?,26?,29?,30?;;/m0../s1. The van der Waals surface area contributed by atoms with E-state index in [0.717, 1.165) is 25.7 Å². The monoisotopic (exact) mass is 514 g/mol. The van der Waals surface area contributed by atoms with Gasteiger partial charge in [-0.1, -0.05) is 86.1 Å². The maximum atomic E-state index is 10.8. The molecule has 6 atom stereocenters. The average Bonchev–Trinajstić information content (AvgIpc) is 3.13. The Bertz CT molecular complexity index is 887. The number of aliphatic hydroxyl groups excluding tert-OH is 1. The van der Waals surface area contributed by atoms with Crippen LogP contribution in [-0.2, 0) is 4.79 Å². The summed E-state index contributed by atoms with van der Waals surface area (Å²) in [4.78, 5) is 9.00. The Hall–Kier alpha value is -1.35. The minimum Gasteiger partial charge on any atom is -0.481 e. The summed E-state index contributed by atoms with van der Waals surface area (Å²) < 4.78 is 0. The van der Waals surface area contributed by atoms with Crippen LogP contribution in [0.3, 0.4) is 0 Å². The number of hydrogen-bond acceptors (Lipinski definition) is 2. The van der Waals surface area contributed by atoms with Crippen molar-refractivity contribution in [1.29, 1.82) is 0 Å².